The third-order valence-corrected chi connectivity index (χ3v) is 6.87. The van der Waals surface area contributed by atoms with Crippen LogP contribution in [0.1, 0.15) is 47.5 Å². The summed E-state index contributed by atoms with van der Waals surface area (Å²) in [6.45, 7) is 11.8. The summed E-state index contributed by atoms with van der Waals surface area (Å²) in [6, 6.07) is 0. The van der Waals surface area contributed by atoms with Crippen molar-refractivity contribution in [1.29, 1.82) is 0 Å². The van der Waals surface area contributed by atoms with E-state index in [2.05, 4.69) is 56.2 Å². The van der Waals surface area contributed by atoms with E-state index in [0.29, 0.717) is 0 Å². The summed E-state index contributed by atoms with van der Waals surface area (Å²) in [5, 5.41) is 1.76. The zero-order valence-electron chi connectivity index (χ0n) is 10.1. The summed E-state index contributed by atoms with van der Waals surface area (Å²) in [4.78, 5) is 0. The molecule has 0 bridgehead atoms. The van der Waals surface area contributed by atoms with Crippen LogP contribution >= 0.6 is 21.6 Å². The molecule has 0 radical (unpaired) electrons. The Morgan fingerprint density at radius 3 is 2.21 bits per heavy atom. The van der Waals surface area contributed by atoms with Crippen molar-refractivity contribution in [3.05, 3.63) is 0 Å². The first kappa shape index (κ1) is 12.8. The van der Waals surface area contributed by atoms with Gasteiger partial charge in [0.15, 0.2) is 0 Å². The molecule has 1 aliphatic rings. The molecular weight excluding hydrogens is 208 g/mol. The minimum Gasteiger partial charge on any atom is -0.0904 e. The fourth-order valence-corrected chi connectivity index (χ4v) is 6.11. The van der Waals surface area contributed by atoms with Gasteiger partial charge in [-0.15, -0.1) is 0 Å². The molecular formula is C12H24S2. The van der Waals surface area contributed by atoms with Crippen LogP contribution in [0.5, 0.6) is 0 Å². The van der Waals surface area contributed by atoms with Crippen LogP contribution < -0.4 is 0 Å². The van der Waals surface area contributed by atoms with E-state index in [1.807, 2.05) is 0 Å². The normalized spacial score (nSPS) is 33.2. The Hall–Kier alpha value is 0.700. The lowest BCUT2D eigenvalue weighted by Crippen LogP contribution is -2.24. The van der Waals surface area contributed by atoms with Gasteiger partial charge in [-0.2, -0.15) is 0 Å². The Morgan fingerprint density at radius 2 is 1.71 bits per heavy atom. The van der Waals surface area contributed by atoms with E-state index in [0.717, 1.165) is 28.3 Å². The highest BCUT2D eigenvalue weighted by atomic mass is 33.1. The van der Waals surface area contributed by atoms with Crippen molar-refractivity contribution < 1.29 is 0 Å². The first-order valence-electron chi connectivity index (χ1n) is 5.84. The fourth-order valence-electron chi connectivity index (χ4n) is 2.09. The Balaban J connectivity index is 2.45. The molecule has 0 amide bonds. The second-order valence-electron chi connectivity index (χ2n) is 5.24. The van der Waals surface area contributed by atoms with Gasteiger partial charge in [-0.3, -0.25) is 0 Å². The average molecular weight is 232 g/mol. The predicted molar refractivity (Wildman–Crippen MR) is 70.8 cm³/mol. The molecule has 1 rings (SSSR count). The van der Waals surface area contributed by atoms with Gasteiger partial charge in [0.1, 0.15) is 0 Å². The zero-order valence-corrected chi connectivity index (χ0v) is 11.8. The van der Waals surface area contributed by atoms with E-state index in [4.69, 9.17) is 0 Å². The van der Waals surface area contributed by atoms with Gasteiger partial charge < -0.3 is 0 Å². The standard InChI is InChI=1S/C12H24S2/c1-8(2)6-7-11-10(5)13-14-12(11)9(3)4/h8-12H,6-7H2,1-5H3. The van der Waals surface area contributed by atoms with Crippen molar-refractivity contribution in [3.63, 3.8) is 0 Å². The van der Waals surface area contributed by atoms with Crippen molar-refractivity contribution in [2.45, 2.75) is 58.0 Å². The van der Waals surface area contributed by atoms with E-state index in [1.54, 1.807) is 0 Å². The van der Waals surface area contributed by atoms with Crippen LogP contribution in [0.25, 0.3) is 0 Å². The molecule has 0 aromatic carbocycles. The quantitative estimate of drug-likeness (QED) is 0.636. The van der Waals surface area contributed by atoms with Crippen LogP contribution in [0.3, 0.4) is 0 Å². The minimum atomic E-state index is 0.842. The first-order valence-corrected chi connectivity index (χ1v) is 8.12. The maximum absolute atomic E-state index is 2.41. The Morgan fingerprint density at radius 1 is 1.07 bits per heavy atom. The number of hydrogen-bond acceptors (Lipinski definition) is 2. The predicted octanol–water partition coefficient (Wildman–Crippen LogP) is 4.85. The van der Waals surface area contributed by atoms with E-state index in [1.165, 1.54) is 12.8 Å². The fraction of sp³-hybridized carbons (Fsp3) is 1.00. The minimum absolute atomic E-state index is 0.842. The lowest BCUT2D eigenvalue weighted by molar-refractivity contribution is 0.372. The lowest BCUT2D eigenvalue weighted by Gasteiger charge is -2.24. The molecule has 1 saturated heterocycles. The number of hydrogen-bond donors (Lipinski definition) is 0. The van der Waals surface area contributed by atoms with Gasteiger partial charge in [0.25, 0.3) is 0 Å². The van der Waals surface area contributed by atoms with Crippen LogP contribution in [-0.2, 0) is 0 Å². The summed E-state index contributed by atoms with van der Waals surface area (Å²) in [5.74, 6) is 2.66. The van der Waals surface area contributed by atoms with Gasteiger partial charge in [0, 0.05) is 10.5 Å². The van der Waals surface area contributed by atoms with Crippen molar-refractivity contribution >= 4 is 21.6 Å². The molecule has 0 aromatic heterocycles. The van der Waals surface area contributed by atoms with Gasteiger partial charge >= 0.3 is 0 Å². The third-order valence-electron chi connectivity index (χ3n) is 3.08. The highest BCUT2D eigenvalue weighted by molar-refractivity contribution is 8.77. The molecule has 0 saturated carbocycles. The average Bonchev–Trinajstić information content (AvgIpc) is 2.43. The molecule has 14 heavy (non-hydrogen) atoms. The SMILES string of the molecule is CC(C)CCC1C(C)SSC1C(C)C. The highest BCUT2D eigenvalue weighted by Gasteiger charge is 2.36. The Labute approximate surface area is 97.4 Å². The van der Waals surface area contributed by atoms with Crippen molar-refractivity contribution in [2.75, 3.05) is 0 Å². The second-order valence-corrected chi connectivity index (χ2v) is 8.07. The van der Waals surface area contributed by atoms with Crippen LogP contribution in [0, 0.1) is 17.8 Å². The van der Waals surface area contributed by atoms with Crippen molar-refractivity contribution in [1.82, 2.24) is 0 Å². The van der Waals surface area contributed by atoms with Gasteiger partial charge in [-0.05, 0) is 24.2 Å². The molecule has 0 nitrogen and oxygen atoms in total. The van der Waals surface area contributed by atoms with Gasteiger partial charge in [-0.25, -0.2) is 0 Å². The first-order chi connectivity index (χ1) is 6.52. The zero-order chi connectivity index (χ0) is 10.7. The van der Waals surface area contributed by atoms with E-state index < -0.39 is 0 Å². The molecule has 1 aliphatic heterocycles. The molecule has 2 heteroatoms. The molecule has 0 aromatic rings. The van der Waals surface area contributed by atoms with Crippen LogP contribution in [0.4, 0.5) is 0 Å². The van der Waals surface area contributed by atoms with Gasteiger partial charge in [0.05, 0.1) is 0 Å². The molecule has 1 heterocycles. The second kappa shape index (κ2) is 5.69. The summed E-state index contributed by atoms with van der Waals surface area (Å²) < 4.78 is 0. The molecule has 84 valence electrons. The van der Waals surface area contributed by atoms with E-state index >= 15 is 0 Å². The van der Waals surface area contributed by atoms with E-state index in [9.17, 15) is 0 Å². The monoisotopic (exact) mass is 232 g/mol. The van der Waals surface area contributed by atoms with Gasteiger partial charge in [-0.1, -0.05) is 62.6 Å². The maximum Gasteiger partial charge on any atom is 0.0213 e. The number of rotatable bonds is 4. The maximum atomic E-state index is 2.41. The van der Waals surface area contributed by atoms with Crippen LogP contribution in [0.15, 0.2) is 0 Å². The molecule has 1 fully saturated rings. The van der Waals surface area contributed by atoms with Crippen LogP contribution in [-0.4, -0.2) is 10.5 Å². The third kappa shape index (κ3) is 3.37. The molecule has 0 aliphatic carbocycles. The van der Waals surface area contributed by atoms with Crippen molar-refractivity contribution in [3.8, 4) is 0 Å². The van der Waals surface area contributed by atoms with Crippen LogP contribution in [0.2, 0.25) is 0 Å². The smallest absolute Gasteiger partial charge is 0.0213 e. The van der Waals surface area contributed by atoms with E-state index in [-0.39, 0.29) is 0 Å². The molecule has 3 unspecified atom stereocenters. The summed E-state index contributed by atoms with van der Waals surface area (Å²) in [5.41, 5.74) is 0. The van der Waals surface area contributed by atoms with Gasteiger partial charge in [0.2, 0.25) is 0 Å². The topological polar surface area (TPSA) is 0 Å². The Bertz CT molecular complexity index is 166. The molecule has 0 spiro atoms. The lowest BCUT2D eigenvalue weighted by atomic mass is 9.87. The van der Waals surface area contributed by atoms with Crippen molar-refractivity contribution in [2.24, 2.45) is 17.8 Å². The summed E-state index contributed by atoms with van der Waals surface area (Å²) in [6.07, 6.45) is 2.83. The Kier molecular flexibility index (Phi) is 5.19. The largest absolute Gasteiger partial charge is 0.0904 e. The molecule has 0 N–H and O–H groups in total. The molecule has 3 atom stereocenters. The highest BCUT2D eigenvalue weighted by Crippen LogP contribution is 2.51. The summed E-state index contributed by atoms with van der Waals surface area (Å²) >= 11 is 0. The summed E-state index contributed by atoms with van der Waals surface area (Å²) in [7, 11) is 4.25.